The lowest BCUT2D eigenvalue weighted by Crippen LogP contribution is -2.24. The summed E-state index contributed by atoms with van der Waals surface area (Å²) in [7, 11) is 0. The molecule has 18 heavy (non-hydrogen) atoms. The van der Waals surface area contributed by atoms with Crippen LogP contribution in [0, 0.1) is 0 Å². The second kappa shape index (κ2) is 4.74. The largest absolute Gasteiger partial charge is 0.287 e. The van der Waals surface area contributed by atoms with Crippen molar-refractivity contribution in [2.24, 2.45) is 0 Å². The molecule has 1 unspecified atom stereocenters. The van der Waals surface area contributed by atoms with Crippen LogP contribution in [0.2, 0.25) is 0 Å². The summed E-state index contributed by atoms with van der Waals surface area (Å²) in [4.78, 5) is 18.9. The van der Waals surface area contributed by atoms with Gasteiger partial charge in [0.1, 0.15) is 0 Å². The van der Waals surface area contributed by atoms with Crippen molar-refractivity contribution in [2.45, 2.75) is 11.7 Å². The summed E-state index contributed by atoms with van der Waals surface area (Å²) >= 11 is 5.90. The summed E-state index contributed by atoms with van der Waals surface area (Å²) in [5, 5.41) is 0.900. The standard InChI is InChI=1S/C13H12N2OS2/c16-12-6-10(17)8-15(12)13-14-7-11(18-13)9-4-2-1-3-5-9/h1-5,7,10,17H,6,8H2. The Labute approximate surface area is 115 Å². The molecule has 1 aromatic heterocycles. The van der Waals surface area contributed by atoms with Gasteiger partial charge < -0.3 is 0 Å². The van der Waals surface area contributed by atoms with E-state index in [4.69, 9.17) is 0 Å². The van der Waals surface area contributed by atoms with Crippen LogP contribution in [0.15, 0.2) is 36.5 Å². The topological polar surface area (TPSA) is 33.2 Å². The van der Waals surface area contributed by atoms with E-state index < -0.39 is 0 Å². The van der Waals surface area contributed by atoms with Gasteiger partial charge in [-0.05, 0) is 5.56 Å². The average Bonchev–Trinajstić information content (AvgIpc) is 2.97. The van der Waals surface area contributed by atoms with Crippen molar-refractivity contribution in [3.05, 3.63) is 36.5 Å². The minimum Gasteiger partial charge on any atom is -0.287 e. The van der Waals surface area contributed by atoms with Crippen molar-refractivity contribution in [3.63, 3.8) is 0 Å². The molecule has 1 aliphatic rings. The number of hydrogen-bond acceptors (Lipinski definition) is 4. The van der Waals surface area contributed by atoms with Gasteiger partial charge in [0, 0.05) is 24.4 Å². The van der Waals surface area contributed by atoms with Crippen molar-refractivity contribution in [1.29, 1.82) is 0 Å². The predicted molar refractivity (Wildman–Crippen MR) is 77.3 cm³/mol. The van der Waals surface area contributed by atoms with Crippen LogP contribution >= 0.6 is 24.0 Å². The van der Waals surface area contributed by atoms with Gasteiger partial charge in [0.2, 0.25) is 5.91 Å². The summed E-state index contributed by atoms with van der Waals surface area (Å²) in [5.74, 6) is 0.115. The number of amides is 1. The van der Waals surface area contributed by atoms with Crippen LogP contribution in [-0.2, 0) is 4.79 Å². The van der Waals surface area contributed by atoms with Crippen molar-refractivity contribution in [1.82, 2.24) is 4.98 Å². The summed E-state index contributed by atoms with van der Waals surface area (Å²) in [6, 6.07) is 10.1. The van der Waals surface area contributed by atoms with E-state index in [-0.39, 0.29) is 11.2 Å². The van der Waals surface area contributed by atoms with Gasteiger partial charge in [0.25, 0.3) is 0 Å². The van der Waals surface area contributed by atoms with Gasteiger partial charge in [-0.2, -0.15) is 12.6 Å². The lowest BCUT2D eigenvalue weighted by molar-refractivity contribution is -0.117. The molecule has 1 fully saturated rings. The summed E-state index contributed by atoms with van der Waals surface area (Å²) in [6.07, 6.45) is 2.33. The van der Waals surface area contributed by atoms with Crippen LogP contribution in [0.4, 0.5) is 5.13 Å². The van der Waals surface area contributed by atoms with Crippen LogP contribution in [-0.4, -0.2) is 22.7 Å². The predicted octanol–water partition coefficient (Wildman–Crippen LogP) is 2.85. The molecule has 1 aromatic carbocycles. The fraction of sp³-hybridized carbons (Fsp3) is 0.231. The number of anilines is 1. The van der Waals surface area contributed by atoms with Gasteiger partial charge >= 0.3 is 0 Å². The normalized spacial score (nSPS) is 19.5. The maximum Gasteiger partial charge on any atom is 0.229 e. The van der Waals surface area contributed by atoms with Crippen LogP contribution in [0.5, 0.6) is 0 Å². The maximum absolute atomic E-state index is 11.8. The number of thiol groups is 1. The van der Waals surface area contributed by atoms with Crippen LogP contribution < -0.4 is 4.90 Å². The molecule has 1 saturated heterocycles. The van der Waals surface area contributed by atoms with E-state index in [0.29, 0.717) is 13.0 Å². The Kier molecular flexibility index (Phi) is 3.09. The fourth-order valence-corrected chi connectivity index (χ4v) is 3.27. The summed E-state index contributed by atoms with van der Waals surface area (Å²) in [5.41, 5.74) is 1.13. The Morgan fingerprint density at radius 1 is 1.33 bits per heavy atom. The average molecular weight is 276 g/mol. The highest BCUT2D eigenvalue weighted by atomic mass is 32.1. The number of aromatic nitrogens is 1. The zero-order chi connectivity index (χ0) is 12.5. The van der Waals surface area contributed by atoms with Crippen molar-refractivity contribution >= 4 is 35.0 Å². The second-order valence-electron chi connectivity index (χ2n) is 4.24. The number of thiazole rings is 1. The molecule has 0 saturated carbocycles. The summed E-state index contributed by atoms with van der Waals surface area (Å²) in [6.45, 7) is 0.656. The first kappa shape index (κ1) is 11.7. The van der Waals surface area contributed by atoms with E-state index in [9.17, 15) is 4.79 Å². The van der Waals surface area contributed by atoms with E-state index in [0.717, 1.165) is 15.6 Å². The minimum absolute atomic E-state index is 0.115. The quantitative estimate of drug-likeness (QED) is 0.856. The number of carbonyl (C=O) groups excluding carboxylic acids is 1. The van der Waals surface area contributed by atoms with Crippen molar-refractivity contribution < 1.29 is 4.79 Å². The molecule has 3 nitrogen and oxygen atoms in total. The van der Waals surface area contributed by atoms with E-state index in [2.05, 4.69) is 17.6 Å². The van der Waals surface area contributed by atoms with Gasteiger partial charge in [0.15, 0.2) is 5.13 Å². The molecule has 1 atom stereocenters. The van der Waals surface area contributed by atoms with Gasteiger partial charge in [-0.1, -0.05) is 41.7 Å². The number of hydrogen-bond donors (Lipinski definition) is 1. The lowest BCUT2D eigenvalue weighted by atomic mass is 10.2. The summed E-state index contributed by atoms with van der Waals surface area (Å²) < 4.78 is 0. The number of nitrogens with zero attached hydrogens (tertiary/aromatic N) is 2. The van der Waals surface area contributed by atoms with Crippen molar-refractivity contribution in [3.8, 4) is 10.4 Å². The number of benzene rings is 1. The Hall–Kier alpha value is -1.33. The zero-order valence-electron chi connectivity index (χ0n) is 9.61. The van der Waals surface area contributed by atoms with Gasteiger partial charge in [0.05, 0.1) is 4.88 Å². The van der Waals surface area contributed by atoms with E-state index >= 15 is 0 Å². The lowest BCUT2D eigenvalue weighted by Gasteiger charge is -2.10. The molecule has 0 N–H and O–H groups in total. The minimum atomic E-state index is 0.115. The Balaban J connectivity index is 1.88. The third-order valence-electron chi connectivity index (χ3n) is 2.89. The number of rotatable bonds is 2. The highest BCUT2D eigenvalue weighted by Crippen LogP contribution is 2.33. The first-order chi connectivity index (χ1) is 8.74. The monoisotopic (exact) mass is 276 g/mol. The molecule has 3 rings (SSSR count). The zero-order valence-corrected chi connectivity index (χ0v) is 11.3. The Bertz CT molecular complexity index is 567. The molecular weight excluding hydrogens is 264 g/mol. The van der Waals surface area contributed by atoms with Gasteiger partial charge in [-0.25, -0.2) is 4.98 Å². The fourth-order valence-electron chi connectivity index (χ4n) is 2.00. The van der Waals surface area contributed by atoms with Crippen LogP contribution in [0.3, 0.4) is 0 Å². The second-order valence-corrected chi connectivity index (χ2v) is 5.97. The molecule has 92 valence electrons. The molecule has 2 heterocycles. The first-order valence-electron chi connectivity index (χ1n) is 5.74. The SMILES string of the molecule is O=C1CC(S)CN1c1ncc(-c2ccccc2)s1. The third kappa shape index (κ3) is 2.15. The molecular formula is C13H12N2OS2. The highest BCUT2D eigenvalue weighted by molar-refractivity contribution is 7.81. The third-order valence-corrected chi connectivity index (χ3v) is 4.30. The Morgan fingerprint density at radius 2 is 2.11 bits per heavy atom. The molecule has 1 aliphatic heterocycles. The van der Waals surface area contributed by atoms with Crippen molar-refractivity contribution in [2.75, 3.05) is 11.4 Å². The van der Waals surface area contributed by atoms with Gasteiger partial charge in [-0.15, -0.1) is 0 Å². The molecule has 0 radical (unpaired) electrons. The van der Waals surface area contributed by atoms with E-state index in [1.807, 2.05) is 36.5 Å². The van der Waals surface area contributed by atoms with E-state index in [1.165, 1.54) is 0 Å². The molecule has 5 heteroatoms. The Morgan fingerprint density at radius 3 is 2.78 bits per heavy atom. The number of carbonyl (C=O) groups is 1. The molecule has 0 bridgehead atoms. The highest BCUT2D eigenvalue weighted by Gasteiger charge is 2.30. The van der Waals surface area contributed by atoms with Crippen LogP contribution in [0.25, 0.3) is 10.4 Å². The first-order valence-corrected chi connectivity index (χ1v) is 7.07. The van der Waals surface area contributed by atoms with E-state index in [1.54, 1.807) is 16.2 Å². The smallest absolute Gasteiger partial charge is 0.229 e. The van der Waals surface area contributed by atoms with Gasteiger partial charge in [-0.3, -0.25) is 9.69 Å². The molecule has 0 aliphatic carbocycles. The van der Waals surface area contributed by atoms with Crippen LogP contribution in [0.1, 0.15) is 6.42 Å². The maximum atomic E-state index is 11.8. The molecule has 0 spiro atoms. The molecule has 2 aromatic rings. The molecule has 1 amide bonds.